The van der Waals surface area contributed by atoms with Crippen LogP contribution in [0.5, 0.6) is 0 Å². The predicted octanol–water partition coefficient (Wildman–Crippen LogP) is -2.69. The third-order valence-corrected chi connectivity index (χ3v) is 1.09. The summed E-state index contributed by atoms with van der Waals surface area (Å²) in [6.45, 7) is 0. The van der Waals surface area contributed by atoms with Crippen LogP contribution in [0.3, 0.4) is 0 Å². The Morgan fingerprint density at radius 3 is 1.82 bits per heavy atom. The molecule has 0 saturated carbocycles. The van der Waals surface area contributed by atoms with Gasteiger partial charge >= 0.3 is 11.9 Å². The number of hydrogen-bond acceptors (Lipinski definition) is 5. The van der Waals surface area contributed by atoms with Gasteiger partial charge in [0.15, 0.2) is 0 Å². The molecule has 0 aromatic heterocycles. The summed E-state index contributed by atoms with van der Waals surface area (Å²) in [5.74, 6) is 1.92. The molecule has 64 valence electrons. The van der Waals surface area contributed by atoms with Crippen LogP contribution in [0.25, 0.3) is 0 Å². The Morgan fingerprint density at radius 2 is 1.73 bits per heavy atom. The summed E-state index contributed by atoms with van der Waals surface area (Å²) in [6.07, 6.45) is 0. The molecule has 0 heterocycles. The van der Waals surface area contributed by atoms with Gasteiger partial charge in [-0.05, 0) is 0 Å². The second-order valence-electron chi connectivity index (χ2n) is 1.85. The van der Waals surface area contributed by atoms with Crippen molar-refractivity contribution in [2.75, 3.05) is 0 Å². The maximum Gasteiger partial charge on any atom is 0.324 e. The van der Waals surface area contributed by atoms with E-state index in [-0.39, 0.29) is 0 Å². The Hall–Kier alpha value is -1.18. The molecule has 0 radical (unpaired) electrons. The third kappa shape index (κ3) is 2.50. The SMILES string of the molecule is NNC(C(=O)O)C(N)C(=O)O. The molecule has 0 amide bonds. The van der Waals surface area contributed by atoms with Gasteiger partial charge < -0.3 is 15.9 Å². The van der Waals surface area contributed by atoms with Crippen molar-refractivity contribution in [1.29, 1.82) is 0 Å². The summed E-state index contributed by atoms with van der Waals surface area (Å²) < 4.78 is 0. The van der Waals surface area contributed by atoms with Gasteiger partial charge in [0.2, 0.25) is 0 Å². The molecule has 0 fully saturated rings. The maximum atomic E-state index is 10.2. The summed E-state index contributed by atoms with van der Waals surface area (Å²) in [7, 11) is 0. The van der Waals surface area contributed by atoms with E-state index in [1.165, 1.54) is 0 Å². The van der Waals surface area contributed by atoms with Crippen LogP contribution in [0, 0.1) is 0 Å². The van der Waals surface area contributed by atoms with Crippen LogP contribution in [0.4, 0.5) is 0 Å². The van der Waals surface area contributed by atoms with Crippen molar-refractivity contribution in [2.45, 2.75) is 12.1 Å². The Balaban J connectivity index is 4.25. The Labute approximate surface area is 61.9 Å². The third-order valence-electron chi connectivity index (χ3n) is 1.09. The van der Waals surface area contributed by atoms with Crippen LogP contribution in [-0.2, 0) is 9.59 Å². The lowest BCUT2D eigenvalue weighted by Gasteiger charge is -2.14. The van der Waals surface area contributed by atoms with Gasteiger partial charge in [0.1, 0.15) is 12.1 Å². The van der Waals surface area contributed by atoms with Gasteiger partial charge in [0.05, 0.1) is 0 Å². The van der Waals surface area contributed by atoms with Crippen LogP contribution in [0.1, 0.15) is 0 Å². The Bertz CT molecular complexity index is 171. The quantitative estimate of drug-likeness (QED) is 0.224. The van der Waals surface area contributed by atoms with E-state index in [9.17, 15) is 9.59 Å². The first-order valence-electron chi connectivity index (χ1n) is 2.68. The number of hydrogen-bond donors (Lipinski definition) is 5. The monoisotopic (exact) mass is 163 g/mol. The Morgan fingerprint density at radius 1 is 1.27 bits per heavy atom. The number of rotatable bonds is 4. The van der Waals surface area contributed by atoms with E-state index in [0.717, 1.165) is 0 Å². The van der Waals surface area contributed by atoms with E-state index >= 15 is 0 Å². The highest BCUT2D eigenvalue weighted by atomic mass is 16.4. The molecule has 0 aliphatic heterocycles. The Kier molecular flexibility index (Phi) is 3.45. The average molecular weight is 163 g/mol. The molecule has 7 heteroatoms. The van der Waals surface area contributed by atoms with Crippen molar-refractivity contribution in [3.63, 3.8) is 0 Å². The van der Waals surface area contributed by atoms with E-state index in [2.05, 4.69) is 0 Å². The van der Waals surface area contributed by atoms with Gasteiger partial charge in [0.25, 0.3) is 0 Å². The van der Waals surface area contributed by atoms with Gasteiger partial charge in [-0.15, -0.1) is 0 Å². The minimum atomic E-state index is -1.54. The minimum Gasteiger partial charge on any atom is -0.480 e. The molecule has 7 N–H and O–H groups in total. The normalized spacial score (nSPS) is 15.5. The topological polar surface area (TPSA) is 139 Å². The van der Waals surface area contributed by atoms with Crippen molar-refractivity contribution < 1.29 is 19.8 Å². The predicted molar refractivity (Wildman–Crippen MR) is 34.4 cm³/mol. The van der Waals surface area contributed by atoms with Crippen LogP contribution in [0.15, 0.2) is 0 Å². The van der Waals surface area contributed by atoms with E-state index in [0.29, 0.717) is 0 Å². The summed E-state index contributed by atoms with van der Waals surface area (Å²) >= 11 is 0. The number of carboxylic acid groups (broad SMARTS) is 2. The van der Waals surface area contributed by atoms with E-state index in [1.807, 2.05) is 0 Å². The summed E-state index contributed by atoms with van der Waals surface area (Å²) in [6, 6.07) is -3.01. The molecule has 0 aliphatic rings. The standard InChI is InChI=1S/C4H9N3O4/c5-1(3(8)9)2(7-6)4(10)11/h1-2,7H,5-6H2,(H,8,9)(H,10,11). The molecule has 0 spiro atoms. The summed E-state index contributed by atoms with van der Waals surface area (Å²) in [5, 5.41) is 16.6. The van der Waals surface area contributed by atoms with Crippen LogP contribution in [0.2, 0.25) is 0 Å². The molecular weight excluding hydrogens is 154 g/mol. The van der Waals surface area contributed by atoms with Crippen LogP contribution >= 0.6 is 0 Å². The maximum absolute atomic E-state index is 10.2. The van der Waals surface area contributed by atoms with Crippen LogP contribution < -0.4 is 17.0 Å². The highest BCUT2D eigenvalue weighted by molar-refractivity contribution is 5.84. The molecule has 0 rings (SSSR count). The number of nitrogens with one attached hydrogen (secondary N) is 1. The number of carbonyl (C=O) groups is 2. The van der Waals surface area contributed by atoms with Gasteiger partial charge in [-0.25, -0.2) is 5.43 Å². The zero-order chi connectivity index (χ0) is 9.02. The molecule has 0 bridgehead atoms. The molecule has 0 aromatic carbocycles. The van der Waals surface area contributed by atoms with Crippen molar-refractivity contribution in [1.82, 2.24) is 5.43 Å². The molecule has 7 nitrogen and oxygen atoms in total. The van der Waals surface area contributed by atoms with E-state index in [4.69, 9.17) is 21.8 Å². The molecule has 2 atom stereocenters. The second kappa shape index (κ2) is 3.86. The molecule has 11 heavy (non-hydrogen) atoms. The van der Waals surface area contributed by atoms with Crippen molar-refractivity contribution in [2.24, 2.45) is 11.6 Å². The van der Waals surface area contributed by atoms with Crippen molar-refractivity contribution >= 4 is 11.9 Å². The van der Waals surface area contributed by atoms with Crippen molar-refractivity contribution in [3.05, 3.63) is 0 Å². The fourth-order valence-corrected chi connectivity index (χ4v) is 0.471. The zero-order valence-corrected chi connectivity index (χ0v) is 5.52. The van der Waals surface area contributed by atoms with Crippen molar-refractivity contribution in [3.8, 4) is 0 Å². The first-order valence-corrected chi connectivity index (χ1v) is 2.68. The zero-order valence-electron chi connectivity index (χ0n) is 5.52. The fourth-order valence-electron chi connectivity index (χ4n) is 0.471. The highest BCUT2D eigenvalue weighted by Gasteiger charge is 2.29. The lowest BCUT2D eigenvalue weighted by Crippen LogP contribution is -2.56. The second-order valence-corrected chi connectivity index (χ2v) is 1.85. The molecule has 0 aromatic rings. The molecule has 0 saturated heterocycles. The average Bonchev–Trinajstić information content (AvgIpc) is 1.88. The largest absolute Gasteiger partial charge is 0.480 e. The smallest absolute Gasteiger partial charge is 0.324 e. The van der Waals surface area contributed by atoms with E-state index < -0.39 is 24.0 Å². The van der Waals surface area contributed by atoms with Crippen LogP contribution in [-0.4, -0.2) is 34.2 Å². The van der Waals surface area contributed by atoms with E-state index in [1.54, 1.807) is 5.43 Å². The molecular formula is C4H9N3O4. The van der Waals surface area contributed by atoms with Gasteiger partial charge in [-0.2, -0.15) is 0 Å². The minimum absolute atomic E-state index is 1.40. The summed E-state index contributed by atoms with van der Waals surface area (Å²) in [4.78, 5) is 20.3. The highest BCUT2D eigenvalue weighted by Crippen LogP contribution is 1.89. The molecule has 2 unspecified atom stereocenters. The lowest BCUT2D eigenvalue weighted by atomic mass is 10.1. The number of aliphatic carboxylic acids is 2. The van der Waals surface area contributed by atoms with Gasteiger partial charge in [0, 0.05) is 0 Å². The number of nitrogens with two attached hydrogens (primary N) is 2. The number of hydrazine groups is 1. The number of carboxylic acids is 2. The lowest BCUT2D eigenvalue weighted by molar-refractivity contribution is -0.147. The fraction of sp³-hybridized carbons (Fsp3) is 0.500. The summed E-state index contributed by atoms with van der Waals surface area (Å²) in [5.41, 5.74) is 6.73. The van der Waals surface area contributed by atoms with Gasteiger partial charge in [-0.1, -0.05) is 0 Å². The first kappa shape index (κ1) is 9.82. The van der Waals surface area contributed by atoms with Gasteiger partial charge in [-0.3, -0.25) is 15.4 Å². The molecule has 0 aliphatic carbocycles. The first-order chi connectivity index (χ1) is 5.00.